The third kappa shape index (κ3) is 7.47. The summed E-state index contributed by atoms with van der Waals surface area (Å²) in [6.45, 7) is 13.9. The molecule has 0 radical (unpaired) electrons. The Kier molecular flexibility index (Phi) is 10.2. The second-order valence-electron chi connectivity index (χ2n) is 8.42. The van der Waals surface area contributed by atoms with Gasteiger partial charge in [0, 0.05) is 45.5 Å². The van der Waals surface area contributed by atoms with E-state index in [1.807, 2.05) is 17.7 Å². The average Bonchev–Trinajstić information content (AvgIpc) is 3.06. The van der Waals surface area contributed by atoms with Crippen molar-refractivity contribution in [3.63, 3.8) is 0 Å². The van der Waals surface area contributed by atoms with E-state index in [0.29, 0.717) is 12.5 Å². The van der Waals surface area contributed by atoms with Crippen LogP contribution in [0.3, 0.4) is 0 Å². The Morgan fingerprint density at radius 3 is 2.71 bits per heavy atom. The lowest BCUT2D eigenvalue weighted by Gasteiger charge is -2.34. The molecular formula is C23H37IN6O. The van der Waals surface area contributed by atoms with E-state index in [1.165, 1.54) is 5.56 Å². The van der Waals surface area contributed by atoms with E-state index >= 15 is 0 Å². The van der Waals surface area contributed by atoms with Gasteiger partial charge in [-0.3, -0.25) is 9.89 Å². The number of rotatable bonds is 7. The highest BCUT2D eigenvalue weighted by Crippen LogP contribution is 2.17. The maximum Gasteiger partial charge on any atom is 0.191 e. The van der Waals surface area contributed by atoms with Crippen molar-refractivity contribution in [2.45, 2.75) is 40.3 Å². The zero-order valence-corrected chi connectivity index (χ0v) is 21.7. The van der Waals surface area contributed by atoms with Crippen molar-refractivity contribution in [3.05, 3.63) is 47.3 Å². The molecule has 2 N–H and O–H groups in total. The number of aliphatic imine (C=N–C) groups is 1. The Bertz CT molecular complexity index is 850. The quantitative estimate of drug-likeness (QED) is 0.321. The molecule has 1 fully saturated rings. The van der Waals surface area contributed by atoms with Gasteiger partial charge in [-0.1, -0.05) is 32.0 Å². The lowest BCUT2D eigenvalue weighted by atomic mass is 10.1. The minimum atomic E-state index is 0. The van der Waals surface area contributed by atoms with Gasteiger partial charge in [-0.25, -0.2) is 4.68 Å². The number of halogens is 1. The normalized spacial score (nSPS) is 17.5. The first-order valence-corrected chi connectivity index (χ1v) is 10.9. The van der Waals surface area contributed by atoms with Gasteiger partial charge in [0.15, 0.2) is 5.96 Å². The number of morpholine rings is 1. The molecule has 2 aromatic rings. The number of guanidine groups is 1. The Hall–Kier alpha value is -1.65. The Balaban J connectivity index is 0.00000341. The summed E-state index contributed by atoms with van der Waals surface area (Å²) in [7, 11) is 1.80. The van der Waals surface area contributed by atoms with E-state index in [2.05, 4.69) is 70.7 Å². The first-order valence-electron chi connectivity index (χ1n) is 10.9. The molecule has 0 spiro atoms. The van der Waals surface area contributed by atoms with Gasteiger partial charge in [0.25, 0.3) is 0 Å². The minimum absolute atomic E-state index is 0. The zero-order valence-electron chi connectivity index (χ0n) is 19.4. The highest BCUT2D eigenvalue weighted by molar-refractivity contribution is 14.0. The van der Waals surface area contributed by atoms with E-state index in [4.69, 9.17) is 4.74 Å². The number of hydrogen-bond acceptors (Lipinski definition) is 4. The van der Waals surface area contributed by atoms with Crippen LogP contribution in [0.25, 0.3) is 5.69 Å². The number of benzene rings is 1. The number of para-hydroxylation sites is 1. The van der Waals surface area contributed by atoms with Crippen molar-refractivity contribution >= 4 is 29.9 Å². The van der Waals surface area contributed by atoms with Gasteiger partial charge < -0.3 is 15.4 Å². The van der Waals surface area contributed by atoms with E-state index in [0.717, 1.165) is 55.8 Å². The van der Waals surface area contributed by atoms with Gasteiger partial charge in [-0.2, -0.15) is 5.10 Å². The molecule has 3 rings (SSSR count). The molecule has 0 saturated carbocycles. The molecule has 172 valence electrons. The van der Waals surface area contributed by atoms with Crippen LogP contribution in [0, 0.1) is 19.8 Å². The van der Waals surface area contributed by atoms with Crippen LogP contribution in [0.5, 0.6) is 0 Å². The summed E-state index contributed by atoms with van der Waals surface area (Å²) in [6.07, 6.45) is 0.179. The van der Waals surface area contributed by atoms with Crippen LogP contribution in [0.4, 0.5) is 0 Å². The molecule has 8 heteroatoms. The summed E-state index contributed by atoms with van der Waals surface area (Å²) in [6, 6.07) is 10.4. The predicted octanol–water partition coefficient (Wildman–Crippen LogP) is 3.13. The van der Waals surface area contributed by atoms with Crippen LogP contribution < -0.4 is 10.6 Å². The second kappa shape index (κ2) is 12.4. The van der Waals surface area contributed by atoms with Crippen molar-refractivity contribution in [2.24, 2.45) is 10.9 Å². The fourth-order valence-electron chi connectivity index (χ4n) is 3.94. The van der Waals surface area contributed by atoms with Crippen molar-refractivity contribution in [3.8, 4) is 5.69 Å². The van der Waals surface area contributed by atoms with E-state index in [9.17, 15) is 0 Å². The molecular weight excluding hydrogens is 503 g/mol. The molecule has 1 unspecified atom stereocenters. The van der Waals surface area contributed by atoms with Gasteiger partial charge in [0.1, 0.15) is 0 Å². The molecule has 1 aliphatic rings. The molecule has 1 saturated heterocycles. The van der Waals surface area contributed by atoms with Crippen LogP contribution >= 0.6 is 24.0 Å². The fourth-order valence-corrected chi connectivity index (χ4v) is 3.94. The number of nitrogens with zero attached hydrogens (tertiary/aromatic N) is 4. The number of nitrogens with one attached hydrogen (secondary N) is 2. The van der Waals surface area contributed by atoms with Crippen LogP contribution in [0.2, 0.25) is 0 Å². The summed E-state index contributed by atoms with van der Waals surface area (Å²) in [5.74, 6) is 1.45. The average molecular weight is 540 g/mol. The summed E-state index contributed by atoms with van der Waals surface area (Å²) < 4.78 is 7.94. The van der Waals surface area contributed by atoms with Gasteiger partial charge >= 0.3 is 0 Å². The molecule has 0 amide bonds. The molecule has 1 aliphatic heterocycles. The Labute approximate surface area is 203 Å². The Morgan fingerprint density at radius 2 is 2.03 bits per heavy atom. The van der Waals surface area contributed by atoms with Crippen LogP contribution in [0.1, 0.15) is 30.8 Å². The second-order valence-corrected chi connectivity index (χ2v) is 8.42. The zero-order chi connectivity index (χ0) is 21.5. The van der Waals surface area contributed by atoms with E-state index in [-0.39, 0.29) is 30.1 Å². The van der Waals surface area contributed by atoms with Crippen molar-refractivity contribution in [1.82, 2.24) is 25.3 Å². The lowest BCUT2D eigenvalue weighted by molar-refractivity contribution is -0.0284. The van der Waals surface area contributed by atoms with Crippen LogP contribution in [-0.2, 0) is 11.3 Å². The molecule has 0 bridgehead atoms. The first-order chi connectivity index (χ1) is 14.5. The smallest absolute Gasteiger partial charge is 0.191 e. The molecule has 1 aromatic heterocycles. The highest BCUT2D eigenvalue weighted by Gasteiger charge is 2.21. The standard InChI is InChI=1S/C23H36N6O.HI/c1-17(2)15-28-10-11-30-21(16-28)14-26-23(24-5)25-13-20-8-6-7-9-22(20)29-19(4)12-18(3)27-29;/h6-9,12,17,21H,10-11,13-16H2,1-5H3,(H2,24,25,26);1H. The van der Waals surface area contributed by atoms with Crippen molar-refractivity contribution < 1.29 is 4.74 Å². The largest absolute Gasteiger partial charge is 0.374 e. The first kappa shape index (κ1) is 25.6. The maximum absolute atomic E-state index is 5.94. The molecule has 0 aliphatic carbocycles. The Morgan fingerprint density at radius 1 is 1.26 bits per heavy atom. The molecule has 2 heterocycles. The lowest BCUT2D eigenvalue weighted by Crippen LogP contribution is -2.50. The van der Waals surface area contributed by atoms with Crippen LogP contribution in [0.15, 0.2) is 35.3 Å². The molecule has 1 aromatic carbocycles. The third-order valence-corrected chi connectivity index (χ3v) is 5.24. The van der Waals surface area contributed by atoms with E-state index < -0.39 is 0 Å². The third-order valence-electron chi connectivity index (χ3n) is 5.24. The monoisotopic (exact) mass is 540 g/mol. The highest BCUT2D eigenvalue weighted by atomic mass is 127. The molecule has 31 heavy (non-hydrogen) atoms. The van der Waals surface area contributed by atoms with Gasteiger partial charge in [0.2, 0.25) is 0 Å². The fraction of sp³-hybridized carbons (Fsp3) is 0.565. The number of aromatic nitrogens is 2. The van der Waals surface area contributed by atoms with Gasteiger partial charge in [0.05, 0.1) is 24.1 Å². The SMILES string of the molecule is CN=C(NCc1ccccc1-n1nc(C)cc1C)NCC1CN(CC(C)C)CCO1.I. The predicted molar refractivity (Wildman–Crippen MR) is 138 cm³/mol. The summed E-state index contributed by atoms with van der Waals surface area (Å²) >= 11 is 0. The summed E-state index contributed by atoms with van der Waals surface area (Å²) in [5.41, 5.74) is 4.41. The topological polar surface area (TPSA) is 66.7 Å². The summed E-state index contributed by atoms with van der Waals surface area (Å²) in [4.78, 5) is 6.87. The number of hydrogen-bond donors (Lipinski definition) is 2. The van der Waals surface area contributed by atoms with Crippen LogP contribution in [-0.4, -0.2) is 66.6 Å². The van der Waals surface area contributed by atoms with Gasteiger partial charge in [-0.15, -0.1) is 24.0 Å². The van der Waals surface area contributed by atoms with Crippen molar-refractivity contribution in [1.29, 1.82) is 0 Å². The number of ether oxygens (including phenoxy) is 1. The molecule has 1 atom stereocenters. The van der Waals surface area contributed by atoms with E-state index in [1.54, 1.807) is 7.05 Å². The maximum atomic E-state index is 5.94. The van der Waals surface area contributed by atoms with Gasteiger partial charge in [-0.05, 0) is 37.5 Å². The van der Waals surface area contributed by atoms with Crippen molar-refractivity contribution in [2.75, 3.05) is 39.8 Å². The molecule has 7 nitrogen and oxygen atoms in total. The minimum Gasteiger partial charge on any atom is -0.374 e. The number of aryl methyl sites for hydroxylation is 2. The summed E-state index contributed by atoms with van der Waals surface area (Å²) in [5, 5.41) is 11.5.